The fraction of sp³-hybridized carbons (Fsp3) is 0.857. The summed E-state index contributed by atoms with van der Waals surface area (Å²) >= 11 is 0. The Morgan fingerprint density at radius 1 is 1.14 bits per heavy atom. The van der Waals surface area contributed by atoms with Crippen molar-refractivity contribution in [2.45, 2.75) is 128 Å². The van der Waals surface area contributed by atoms with E-state index in [1.54, 1.807) is 20.8 Å². The van der Waals surface area contributed by atoms with Crippen molar-refractivity contribution in [1.29, 1.82) is 0 Å². The van der Waals surface area contributed by atoms with Gasteiger partial charge in [0.25, 0.3) is 0 Å². The molecule has 0 aromatic rings. The molecule has 0 aromatic heterocycles. The zero-order chi connectivity index (χ0) is 26.9. The van der Waals surface area contributed by atoms with Crippen molar-refractivity contribution in [2.75, 3.05) is 0 Å². The van der Waals surface area contributed by atoms with E-state index < -0.39 is 63.8 Å². The zero-order valence-corrected chi connectivity index (χ0v) is 22.5. The van der Waals surface area contributed by atoms with Gasteiger partial charge in [0, 0.05) is 12.8 Å². The molecule has 0 aliphatic heterocycles. The Kier molecular flexibility index (Phi) is 6.72. The summed E-state index contributed by atoms with van der Waals surface area (Å²) in [5.41, 5.74) is -6.07. The van der Waals surface area contributed by atoms with Gasteiger partial charge in [-0.3, -0.25) is 9.59 Å². The van der Waals surface area contributed by atoms with Crippen molar-refractivity contribution in [3.05, 3.63) is 11.6 Å². The van der Waals surface area contributed by atoms with Gasteiger partial charge in [-0.05, 0) is 63.7 Å². The molecule has 204 valence electrons. The second-order valence-electron chi connectivity index (χ2n) is 12.4. The van der Waals surface area contributed by atoms with Crippen molar-refractivity contribution in [3.8, 4) is 0 Å². The number of carbonyl (C=O) groups excluding carboxylic acids is 2. The molecular weight excluding hydrogens is 464 g/mol. The lowest BCUT2D eigenvalue weighted by Crippen LogP contribution is -2.78. The lowest BCUT2D eigenvalue weighted by atomic mass is 9.42. The van der Waals surface area contributed by atoms with Gasteiger partial charge in [-0.15, -0.1) is 0 Å². The summed E-state index contributed by atoms with van der Waals surface area (Å²) < 4.78 is 11.6. The molecule has 0 amide bonds. The SMILES string of the molecule is CC[C@@H](C)C(=O)O[C@@H]1C[C@@H]2[C@@]3(C)CC[C@H](O)CC3=CC[C@@]2(O)[C@@]2(O)CC[C@@](O)([C@H](C)OC(C)=O)[C@@]12C. The maximum Gasteiger partial charge on any atom is 0.308 e. The molecule has 8 nitrogen and oxygen atoms in total. The van der Waals surface area contributed by atoms with E-state index in [2.05, 4.69) is 6.92 Å². The molecule has 4 rings (SSSR count). The molecule has 10 atom stereocenters. The third kappa shape index (κ3) is 3.47. The number of aliphatic hydroxyl groups is 4. The van der Waals surface area contributed by atoms with Gasteiger partial charge in [0.2, 0.25) is 0 Å². The second kappa shape index (κ2) is 8.79. The van der Waals surface area contributed by atoms with Gasteiger partial charge in [0.15, 0.2) is 0 Å². The van der Waals surface area contributed by atoms with Crippen LogP contribution in [-0.2, 0) is 19.1 Å². The van der Waals surface area contributed by atoms with Gasteiger partial charge in [-0.1, -0.05) is 39.3 Å². The Morgan fingerprint density at radius 2 is 1.81 bits per heavy atom. The predicted octanol–water partition coefficient (Wildman–Crippen LogP) is 2.79. The van der Waals surface area contributed by atoms with E-state index in [0.29, 0.717) is 25.7 Å². The molecule has 36 heavy (non-hydrogen) atoms. The van der Waals surface area contributed by atoms with Crippen LogP contribution >= 0.6 is 0 Å². The summed E-state index contributed by atoms with van der Waals surface area (Å²) in [7, 11) is 0. The minimum Gasteiger partial charge on any atom is -0.461 e. The smallest absolute Gasteiger partial charge is 0.308 e. The molecule has 3 fully saturated rings. The summed E-state index contributed by atoms with van der Waals surface area (Å²) in [6, 6.07) is 0. The highest BCUT2D eigenvalue weighted by atomic mass is 16.6. The van der Waals surface area contributed by atoms with Crippen LogP contribution in [0.25, 0.3) is 0 Å². The molecule has 0 aromatic carbocycles. The van der Waals surface area contributed by atoms with Gasteiger partial charge in [0.1, 0.15) is 29.0 Å². The van der Waals surface area contributed by atoms with E-state index in [-0.39, 0.29) is 31.6 Å². The molecule has 0 unspecified atom stereocenters. The number of aliphatic hydroxyl groups excluding tert-OH is 1. The molecule has 0 spiro atoms. The monoisotopic (exact) mass is 508 g/mol. The average molecular weight is 509 g/mol. The van der Waals surface area contributed by atoms with Crippen LogP contribution in [0.15, 0.2) is 11.6 Å². The minimum absolute atomic E-state index is 0.0673. The number of esters is 2. The van der Waals surface area contributed by atoms with Crippen molar-refractivity contribution in [3.63, 3.8) is 0 Å². The van der Waals surface area contributed by atoms with Crippen molar-refractivity contribution < 1.29 is 39.5 Å². The highest BCUT2D eigenvalue weighted by Crippen LogP contribution is 2.71. The Bertz CT molecular complexity index is 948. The molecular formula is C28H44O8. The van der Waals surface area contributed by atoms with Crippen LogP contribution in [0.5, 0.6) is 0 Å². The Labute approximate surface area is 214 Å². The second-order valence-corrected chi connectivity index (χ2v) is 12.4. The van der Waals surface area contributed by atoms with Crippen molar-refractivity contribution >= 4 is 11.9 Å². The van der Waals surface area contributed by atoms with E-state index in [9.17, 15) is 30.0 Å². The summed E-state index contributed by atoms with van der Waals surface area (Å²) in [6.07, 6.45) is 2.49. The minimum atomic E-state index is -1.81. The molecule has 0 heterocycles. The maximum atomic E-state index is 13.1. The average Bonchev–Trinajstić information content (AvgIpc) is 3.04. The molecule has 4 aliphatic carbocycles. The number of rotatable bonds is 5. The van der Waals surface area contributed by atoms with Gasteiger partial charge < -0.3 is 29.9 Å². The summed E-state index contributed by atoms with van der Waals surface area (Å²) in [6.45, 7) is 10.3. The summed E-state index contributed by atoms with van der Waals surface area (Å²) in [5.74, 6) is -1.79. The molecule has 3 saturated carbocycles. The van der Waals surface area contributed by atoms with Crippen LogP contribution < -0.4 is 0 Å². The normalized spacial score (nSPS) is 47.5. The number of fused-ring (bicyclic) bond motifs is 5. The highest BCUT2D eigenvalue weighted by Gasteiger charge is 2.81. The van der Waals surface area contributed by atoms with Crippen LogP contribution in [0, 0.1) is 22.7 Å². The molecule has 4 aliphatic rings. The summed E-state index contributed by atoms with van der Waals surface area (Å²) in [4.78, 5) is 24.9. The summed E-state index contributed by atoms with van der Waals surface area (Å²) in [5, 5.41) is 47.5. The first-order valence-corrected chi connectivity index (χ1v) is 13.5. The van der Waals surface area contributed by atoms with Gasteiger partial charge >= 0.3 is 11.9 Å². The lowest BCUT2D eigenvalue weighted by molar-refractivity contribution is -0.327. The molecule has 8 heteroatoms. The van der Waals surface area contributed by atoms with Crippen LogP contribution in [0.3, 0.4) is 0 Å². The number of ether oxygens (including phenoxy) is 2. The quantitative estimate of drug-likeness (QED) is 0.329. The molecule has 0 bridgehead atoms. The van der Waals surface area contributed by atoms with Gasteiger partial charge in [-0.25, -0.2) is 0 Å². The highest BCUT2D eigenvalue weighted by molar-refractivity contribution is 5.72. The van der Waals surface area contributed by atoms with E-state index in [0.717, 1.165) is 5.57 Å². The van der Waals surface area contributed by atoms with Gasteiger partial charge in [-0.2, -0.15) is 0 Å². The van der Waals surface area contributed by atoms with Crippen LogP contribution in [0.1, 0.15) is 92.9 Å². The lowest BCUT2D eigenvalue weighted by Gasteiger charge is -2.67. The Balaban J connectivity index is 1.87. The van der Waals surface area contributed by atoms with Gasteiger partial charge in [0.05, 0.1) is 17.4 Å². The van der Waals surface area contributed by atoms with E-state index in [1.807, 2.05) is 13.0 Å². The fourth-order valence-electron chi connectivity index (χ4n) is 8.26. The third-order valence-corrected chi connectivity index (χ3v) is 10.9. The maximum absolute atomic E-state index is 13.1. The standard InChI is InChI=1S/C28H44O8/c1-7-16(2)23(31)36-22-15-21-24(5)10-9-20(30)14-19(24)8-11-27(21,33)28(34)13-12-26(32,25(22,28)6)17(3)35-18(4)29/h8,16-17,20-22,30,32-34H,7,9-15H2,1-6H3/t16-,17+,20+,21-,22-,24+,25-,26-,27+,28-/m1/s1. The van der Waals surface area contributed by atoms with Crippen LogP contribution in [0.2, 0.25) is 0 Å². The van der Waals surface area contributed by atoms with E-state index in [1.165, 1.54) is 6.92 Å². The van der Waals surface area contributed by atoms with Crippen molar-refractivity contribution in [1.82, 2.24) is 0 Å². The zero-order valence-electron chi connectivity index (χ0n) is 22.5. The number of hydrogen-bond donors (Lipinski definition) is 4. The molecule has 0 radical (unpaired) electrons. The topological polar surface area (TPSA) is 134 Å². The number of carbonyl (C=O) groups is 2. The molecule has 4 N–H and O–H groups in total. The first-order valence-electron chi connectivity index (χ1n) is 13.5. The predicted molar refractivity (Wildman–Crippen MR) is 132 cm³/mol. The third-order valence-electron chi connectivity index (χ3n) is 10.9. The Hall–Kier alpha value is -1.48. The first kappa shape index (κ1) is 27.6. The molecule has 0 saturated heterocycles. The van der Waals surface area contributed by atoms with Crippen molar-refractivity contribution in [2.24, 2.45) is 22.7 Å². The van der Waals surface area contributed by atoms with Crippen LogP contribution in [-0.4, -0.2) is 67.5 Å². The largest absolute Gasteiger partial charge is 0.461 e. The first-order chi connectivity index (χ1) is 16.6. The fourth-order valence-corrected chi connectivity index (χ4v) is 8.26. The Morgan fingerprint density at radius 3 is 2.42 bits per heavy atom. The van der Waals surface area contributed by atoms with E-state index in [4.69, 9.17) is 9.47 Å². The van der Waals surface area contributed by atoms with E-state index >= 15 is 0 Å². The number of hydrogen-bond acceptors (Lipinski definition) is 8. The van der Waals surface area contributed by atoms with Crippen LogP contribution in [0.4, 0.5) is 0 Å².